The fraction of sp³-hybridized carbons (Fsp3) is 0.812. The standard InChI is InChI=1S/C16H30N6O3S/c17-10(15(24)22-18)5-3-4-8-19-13(23)7-2-1-6-12-14-11(9-26-12)20-16(25)21-14/h10-12,14H,1-9,17-18H2,(H,19,23)(H,22,24)(H2,20,21,25)/t10?,11-,12?,14-/m0/s1. The molecule has 2 heterocycles. The zero-order chi connectivity index (χ0) is 18.9. The monoisotopic (exact) mass is 386 g/mol. The molecule has 9 nitrogen and oxygen atoms in total. The molecule has 26 heavy (non-hydrogen) atoms. The van der Waals surface area contributed by atoms with Gasteiger partial charge in [-0.25, -0.2) is 10.6 Å². The van der Waals surface area contributed by atoms with Crippen LogP contribution in [0.1, 0.15) is 44.9 Å². The molecule has 8 N–H and O–H groups in total. The molecule has 2 unspecified atom stereocenters. The number of fused-ring (bicyclic) bond motifs is 1. The summed E-state index contributed by atoms with van der Waals surface area (Å²) in [5.74, 6) is 5.67. The number of urea groups is 1. The highest BCUT2D eigenvalue weighted by Crippen LogP contribution is 2.33. The number of nitrogens with one attached hydrogen (secondary N) is 4. The van der Waals surface area contributed by atoms with Crippen LogP contribution in [0.15, 0.2) is 0 Å². The minimum Gasteiger partial charge on any atom is -0.356 e. The number of amides is 4. The molecule has 0 bridgehead atoms. The predicted octanol–water partition coefficient (Wildman–Crippen LogP) is -0.684. The summed E-state index contributed by atoms with van der Waals surface area (Å²) >= 11 is 1.90. The SMILES string of the molecule is NNC(=O)C(N)CCCCNC(=O)CCCCC1SC[C@@H]2NC(=O)N[C@H]12. The van der Waals surface area contributed by atoms with Gasteiger partial charge in [0.1, 0.15) is 0 Å². The number of unbranched alkanes of at least 4 members (excludes halogenated alkanes) is 2. The van der Waals surface area contributed by atoms with Crippen LogP contribution in [0, 0.1) is 0 Å². The molecular weight excluding hydrogens is 356 g/mol. The molecule has 0 aromatic rings. The molecule has 2 aliphatic heterocycles. The Morgan fingerprint density at radius 3 is 2.81 bits per heavy atom. The maximum atomic E-state index is 11.8. The van der Waals surface area contributed by atoms with Gasteiger partial charge >= 0.3 is 6.03 Å². The van der Waals surface area contributed by atoms with Crippen molar-refractivity contribution in [3.63, 3.8) is 0 Å². The molecule has 0 radical (unpaired) electrons. The van der Waals surface area contributed by atoms with E-state index in [1.165, 1.54) is 0 Å². The Morgan fingerprint density at radius 1 is 1.23 bits per heavy atom. The van der Waals surface area contributed by atoms with E-state index in [9.17, 15) is 14.4 Å². The van der Waals surface area contributed by atoms with Gasteiger partial charge < -0.3 is 21.7 Å². The molecule has 2 rings (SSSR count). The first-order chi connectivity index (χ1) is 12.5. The van der Waals surface area contributed by atoms with Crippen molar-refractivity contribution < 1.29 is 14.4 Å². The van der Waals surface area contributed by atoms with E-state index >= 15 is 0 Å². The van der Waals surface area contributed by atoms with Gasteiger partial charge in [0.15, 0.2) is 0 Å². The van der Waals surface area contributed by atoms with Crippen LogP contribution in [-0.2, 0) is 9.59 Å². The van der Waals surface area contributed by atoms with E-state index in [0.29, 0.717) is 24.6 Å². The molecular formula is C16H30N6O3S. The lowest BCUT2D eigenvalue weighted by molar-refractivity contribution is -0.123. The van der Waals surface area contributed by atoms with Gasteiger partial charge in [-0.2, -0.15) is 11.8 Å². The fourth-order valence-corrected chi connectivity index (χ4v) is 4.86. The highest BCUT2D eigenvalue weighted by atomic mass is 32.2. The highest BCUT2D eigenvalue weighted by Gasteiger charge is 2.42. The van der Waals surface area contributed by atoms with Crippen LogP contribution in [0.5, 0.6) is 0 Å². The van der Waals surface area contributed by atoms with Gasteiger partial charge in [-0.05, 0) is 32.1 Å². The molecule has 2 aliphatic rings. The van der Waals surface area contributed by atoms with E-state index in [4.69, 9.17) is 11.6 Å². The van der Waals surface area contributed by atoms with E-state index in [1.807, 2.05) is 17.2 Å². The first-order valence-corrected chi connectivity index (χ1v) is 10.3. The summed E-state index contributed by atoms with van der Waals surface area (Å²) in [5.41, 5.74) is 7.66. The van der Waals surface area contributed by atoms with Crippen LogP contribution < -0.4 is 33.0 Å². The van der Waals surface area contributed by atoms with Gasteiger partial charge in [-0.3, -0.25) is 15.0 Å². The third-order valence-corrected chi connectivity index (χ3v) is 6.33. The summed E-state index contributed by atoms with van der Waals surface area (Å²) in [5, 5.41) is 9.25. The van der Waals surface area contributed by atoms with Crippen LogP contribution in [0.25, 0.3) is 0 Å². The lowest BCUT2D eigenvalue weighted by Gasteiger charge is -2.16. The van der Waals surface area contributed by atoms with Gasteiger partial charge in [0.2, 0.25) is 5.91 Å². The van der Waals surface area contributed by atoms with Crippen LogP contribution in [0.2, 0.25) is 0 Å². The second-order valence-corrected chi connectivity index (χ2v) is 8.10. The van der Waals surface area contributed by atoms with Crippen molar-refractivity contribution in [1.29, 1.82) is 0 Å². The molecule has 2 fully saturated rings. The van der Waals surface area contributed by atoms with Gasteiger partial charge in [-0.1, -0.05) is 6.42 Å². The van der Waals surface area contributed by atoms with Crippen molar-refractivity contribution in [2.75, 3.05) is 12.3 Å². The van der Waals surface area contributed by atoms with E-state index in [0.717, 1.165) is 37.9 Å². The normalized spacial score (nSPS) is 25.2. The highest BCUT2D eigenvalue weighted by molar-refractivity contribution is 8.00. The maximum absolute atomic E-state index is 11.8. The minimum absolute atomic E-state index is 0.0572. The molecule has 148 valence electrons. The second kappa shape index (κ2) is 10.6. The first-order valence-electron chi connectivity index (χ1n) is 9.22. The van der Waals surface area contributed by atoms with E-state index in [2.05, 4.69) is 16.0 Å². The number of thioether (sulfide) groups is 1. The Morgan fingerprint density at radius 2 is 2.04 bits per heavy atom. The number of hydrazine groups is 1. The van der Waals surface area contributed by atoms with Crippen molar-refractivity contribution in [2.24, 2.45) is 11.6 Å². The van der Waals surface area contributed by atoms with Gasteiger partial charge in [-0.15, -0.1) is 0 Å². The first kappa shape index (κ1) is 20.8. The Hall–Kier alpha value is -1.52. The zero-order valence-electron chi connectivity index (χ0n) is 15.0. The predicted molar refractivity (Wildman–Crippen MR) is 101 cm³/mol. The van der Waals surface area contributed by atoms with Crippen LogP contribution in [0.4, 0.5) is 4.79 Å². The number of nitrogens with two attached hydrogens (primary N) is 2. The Bertz CT molecular complexity index is 506. The maximum Gasteiger partial charge on any atom is 0.315 e. The molecule has 0 aromatic carbocycles. The smallest absolute Gasteiger partial charge is 0.315 e. The van der Waals surface area contributed by atoms with E-state index < -0.39 is 6.04 Å². The van der Waals surface area contributed by atoms with E-state index in [1.54, 1.807) is 0 Å². The second-order valence-electron chi connectivity index (χ2n) is 6.83. The third-order valence-electron chi connectivity index (χ3n) is 4.82. The summed E-state index contributed by atoms with van der Waals surface area (Å²) in [4.78, 5) is 34.3. The minimum atomic E-state index is -0.594. The molecule has 4 atom stereocenters. The quantitative estimate of drug-likeness (QED) is 0.0909. The topological polar surface area (TPSA) is 151 Å². The zero-order valence-corrected chi connectivity index (χ0v) is 15.8. The molecule has 0 aromatic heterocycles. The van der Waals surface area contributed by atoms with Gasteiger partial charge in [0.25, 0.3) is 5.91 Å². The average Bonchev–Trinajstić information content (AvgIpc) is 3.16. The van der Waals surface area contributed by atoms with Gasteiger partial charge in [0.05, 0.1) is 18.1 Å². The number of hydrogen-bond donors (Lipinski definition) is 6. The fourth-order valence-electron chi connectivity index (χ4n) is 3.32. The molecule has 0 saturated carbocycles. The Kier molecular flexibility index (Phi) is 8.46. The van der Waals surface area contributed by atoms with E-state index in [-0.39, 0.29) is 29.9 Å². The van der Waals surface area contributed by atoms with Crippen molar-refractivity contribution in [3.8, 4) is 0 Å². The van der Waals surface area contributed by atoms with Crippen molar-refractivity contribution in [3.05, 3.63) is 0 Å². The lowest BCUT2D eigenvalue weighted by atomic mass is 10.0. The number of carbonyl (C=O) groups is 3. The van der Waals surface area contributed by atoms with Crippen LogP contribution >= 0.6 is 11.8 Å². The van der Waals surface area contributed by atoms with Crippen molar-refractivity contribution >= 4 is 29.6 Å². The third kappa shape index (κ3) is 6.33. The van der Waals surface area contributed by atoms with Crippen molar-refractivity contribution in [1.82, 2.24) is 21.4 Å². The van der Waals surface area contributed by atoms with Crippen molar-refractivity contribution in [2.45, 2.75) is 68.3 Å². The number of rotatable bonds is 11. The summed E-state index contributed by atoms with van der Waals surface area (Å²) < 4.78 is 0. The molecule has 0 aliphatic carbocycles. The molecule has 0 spiro atoms. The molecule has 10 heteroatoms. The number of carbonyl (C=O) groups excluding carboxylic acids is 3. The van der Waals surface area contributed by atoms with Gasteiger partial charge in [0, 0.05) is 24.0 Å². The average molecular weight is 387 g/mol. The lowest BCUT2D eigenvalue weighted by Crippen LogP contribution is -2.43. The van der Waals surface area contributed by atoms with Crippen LogP contribution in [-0.4, -0.2) is 53.5 Å². The molecule has 2 saturated heterocycles. The van der Waals surface area contributed by atoms with Crippen LogP contribution in [0.3, 0.4) is 0 Å². The summed E-state index contributed by atoms with van der Waals surface area (Å²) in [7, 11) is 0. The largest absolute Gasteiger partial charge is 0.356 e. The number of hydrogen-bond acceptors (Lipinski definition) is 6. The molecule has 4 amide bonds. The summed E-state index contributed by atoms with van der Waals surface area (Å²) in [6.07, 6.45) is 5.46. The Balaban J connectivity index is 1.46. The Labute approximate surface area is 158 Å². The summed E-state index contributed by atoms with van der Waals surface area (Å²) in [6, 6.07) is -0.170. The summed E-state index contributed by atoms with van der Waals surface area (Å²) in [6.45, 7) is 0.593.